The molecule has 1 aromatic rings. The molecule has 0 aromatic heterocycles. The van der Waals surface area contributed by atoms with E-state index >= 15 is 0 Å². The molecule has 1 aliphatic rings. The van der Waals surface area contributed by atoms with Crippen molar-refractivity contribution >= 4 is 18.2 Å². The van der Waals surface area contributed by atoms with Crippen LogP contribution in [0, 0.1) is 5.92 Å². The van der Waals surface area contributed by atoms with Crippen molar-refractivity contribution in [1.29, 1.82) is 0 Å². The van der Waals surface area contributed by atoms with Crippen LogP contribution in [0.1, 0.15) is 49.9 Å². The van der Waals surface area contributed by atoms with E-state index < -0.39 is 0 Å². The third-order valence-corrected chi connectivity index (χ3v) is 4.18. The van der Waals surface area contributed by atoms with Gasteiger partial charge in [-0.25, -0.2) is 0 Å². The highest BCUT2D eigenvalue weighted by atomic mass is 35.5. The molecule has 0 atom stereocenters. The Labute approximate surface area is 140 Å². The second-order valence-corrected chi connectivity index (χ2v) is 6.07. The van der Waals surface area contributed by atoms with E-state index in [1.165, 1.54) is 12.8 Å². The molecule has 0 spiro atoms. The summed E-state index contributed by atoms with van der Waals surface area (Å²) in [5, 5.41) is 0. The number of ketones is 1. The average molecular weight is 326 g/mol. The summed E-state index contributed by atoms with van der Waals surface area (Å²) in [7, 11) is 0. The number of hydrogen-bond donors (Lipinski definition) is 0. The molecule has 0 bridgehead atoms. The van der Waals surface area contributed by atoms with Gasteiger partial charge in [-0.2, -0.15) is 0 Å². The number of piperidine rings is 1. The third kappa shape index (κ3) is 5.98. The number of carbonyl (C=O) groups is 1. The number of carbonyl (C=O) groups excluding carboxylic acids is 1. The fourth-order valence-corrected chi connectivity index (χ4v) is 2.65. The molecule has 3 nitrogen and oxygen atoms in total. The van der Waals surface area contributed by atoms with Crippen molar-refractivity contribution in [3.8, 4) is 5.75 Å². The van der Waals surface area contributed by atoms with Crippen LogP contribution in [-0.4, -0.2) is 36.9 Å². The topological polar surface area (TPSA) is 29.5 Å². The van der Waals surface area contributed by atoms with E-state index in [2.05, 4.69) is 18.7 Å². The number of benzene rings is 1. The maximum absolute atomic E-state index is 12.2. The zero-order valence-electron chi connectivity index (χ0n) is 13.7. The largest absolute Gasteiger partial charge is 0.494 e. The quantitative estimate of drug-likeness (QED) is 0.704. The summed E-state index contributed by atoms with van der Waals surface area (Å²) in [4.78, 5) is 14.6. The van der Waals surface area contributed by atoms with E-state index in [9.17, 15) is 4.79 Å². The van der Waals surface area contributed by atoms with Gasteiger partial charge in [-0.3, -0.25) is 4.79 Å². The van der Waals surface area contributed by atoms with Crippen molar-refractivity contribution in [3.63, 3.8) is 0 Å². The van der Waals surface area contributed by atoms with Crippen LogP contribution in [0.2, 0.25) is 0 Å². The van der Waals surface area contributed by atoms with Gasteiger partial charge in [0.1, 0.15) is 5.75 Å². The molecule has 0 amide bonds. The minimum Gasteiger partial charge on any atom is -0.494 e. The van der Waals surface area contributed by atoms with E-state index in [0.717, 1.165) is 49.9 Å². The Morgan fingerprint density at radius 1 is 1.23 bits per heavy atom. The van der Waals surface area contributed by atoms with Crippen LogP contribution < -0.4 is 4.74 Å². The lowest BCUT2D eigenvalue weighted by Crippen LogP contribution is -2.34. The van der Waals surface area contributed by atoms with Crippen molar-refractivity contribution in [1.82, 2.24) is 4.90 Å². The van der Waals surface area contributed by atoms with E-state index in [4.69, 9.17) is 4.74 Å². The van der Waals surface area contributed by atoms with Crippen LogP contribution in [0.5, 0.6) is 5.75 Å². The van der Waals surface area contributed by atoms with E-state index in [1.54, 1.807) is 0 Å². The van der Waals surface area contributed by atoms with Gasteiger partial charge in [0.15, 0.2) is 5.78 Å². The number of nitrogens with zero attached hydrogens (tertiary/aromatic N) is 1. The fraction of sp³-hybridized carbons (Fsp3) is 0.611. The predicted molar refractivity (Wildman–Crippen MR) is 93.3 cm³/mol. The Hall–Kier alpha value is -1.06. The zero-order chi connectivity index (χ0) is 15.1. The Morgan fingerprint density at radius 3 is 2.45 bits per heavy atom. The molecule has 0 radical (unpaired) electrons. The van der Waals surface area contributed by atoms with Gasteiger partial charge in [0, 0.05) is 18.5 Å². The average Bonchev–Trinajstić information content (AvgIpc) is 2.52. The molecule has 0 unspecified atom stereocenters. The van der Waals surface area contributed by atoms with Crippen LogP contribution in [0.3, 0.4) is 0 Å². The van der Waals surface area contributed by atoms with E-state index in [1.807, 2.05) is 24.3 Å². The van der Waals surface area contributed by atoms with Crippen molar-refractivity contribution in [3.05, 3.63) is 29.8 Å². The minimum atomic E-state index is 0. The molecule has 22 heavy (non-hydrogen) atoms. The highest BCUT2D eigenvalue weighted by Crippen LogP contribution is 2.17. The summed E-state index contributed by atoms with van der Waals surface area (Å²) in [5.41, 5.74) is 0.796. The summed E-state index contributed by atoms with van der Waals surface area (Å²) in [6, 6.07) is 7.55. The lowest BCUT2D eigenvalue weighted by molar-refractivity contribution is 0.0953. The molecule has 0 aliphatic carbocycles. The van der Waals surface area contributed by atoms with E-state index in [-0.39, 0.29) is 18.2 Å². The van der Waals surface area contributed by atoms with Gasteiger partial charge in [-0.1, -0.05) is 13.8 Å². The number of Topliss-reactive ketones (excluding diaryl/α,β-unsaturated/α-hetero) is 1. The maximum Gasteiger partial charge on any atom is 0.164 e. The van der Waals surface area contributed by atoms with Gasteiger partial charge in [-0.05, 0) is 62.5 Å². The molecule has 1 heterocycles. The summed E-state index contributed by atoms with van der Waals surface area (Å²) in [6.45, 7) is 8.28. The first kappa shape index (κ1) is 19.0. The molecule has 1 aliphatic heterocycles. The molecule has 1 aromatic carbocycles. The predicted octanol–water partition coefficient (Wildman–Crippen LogP) is 4.20. The summed E-state index contributed by atoms with van der Waals surface area (Å²) >= 11 is 0. The zero-order valence-corrected chi connectivity index (χ0v) is 14.5. The Kier molecular flexibility index (Phi) is 8.51. The smallest absolute Gasteiger partial charge is 0.164 e. The molecule has 0 saturated carbocycles. The van der Waals surface area contributed by atoms with Crippen LogP contribution in [0.4, 0.5) is 0 Å². The van der Waals surface area contributed by atoms with Gasteiger partial charge >= 0.3 is 0 Å². The number of rotatable bonds is 7. The molecule has 2 rings (SSSR count). The van der Waals surface area contributed by atoms with Gasteiger partial charge in [0.25, 0.3) is 0 Å². The molecule has 4 heteroatoms. The first-order chi connectivity index (χ1) is 10.2. The Bertz CT molecular complexity index is 439. The first-order valence-corrected chi connectivity index (χ1v) is 8.17. The molecule has 0 N–H and O–H groups in total. The monoisotopic (exact) mass is 325 g/mol. The molecular weight excluding hydrogens is 298 g/mol. The lowest BCUT2D eigenvalue weighted by atomic mass is 9.99. The highest BCUT2D eigenvalue weighted by Gasteiger charge is 2.16. The van der Waals surface area contributed by atoms with Crippen molar-refractivity contribution in [2.24, 2.45) is 5.92 Å². The summed E-state index contributed by atoms with van der Waals surface area (Å²) in [6.07, 6.45) is 4.13. The number of halogens is 1. The lowest BCUT2D eigenvalue weighted by Gasteiger charge is -2.29. The Morgan fingerprint density at radius 2 is 1.86 bits per heavy atom. The molecule has 1 fully saturated rings. The summed E-state index contributed by atoms with van der Waals surface area (Å²) in [5.74, 6) is 1.92. The third-order valence-electron chi connectivity index (χ3n) is 4.18. The highest BCUT2D eigenvalue weighted by molar-refractivity contribution is 5.96. The molecular formula is C18H28ClNO2. The van der Waals surface area contributed by atoms with Crippen molar-refractivity contribution < 1.29 is 9.53 Å². The first-order valence-electron chi connectivity index (χ1n) is 8.17. The number of hydrogen-bond acceptors (Lipinski definition) is 3. The fourth-order valence-electron chi connectivity index (χ4n) is 2.65. The second kappa shape index (κ2) is 9.86. The van der Waals surface area contributed by atoms with Crippen molar-refractivity contribution in [2.75, 3.05) is 26.2 Å². The van der Waals surface area contributed by atoms with Crippen LogP contribution in [-0.2, 0) is 0 Å². The molecule has 1 saturated heterocycles. The molecule has 124 valence electrons. The van der Waals surface area contributed by atoms with Crippen LogP contribution >= 0.6 is 12.4 Å². The number of ether oxygens (including phenoxy) is 1. The van der Waals surface area contributed by atoms with Gasteiger partial charge < -0.3 is 9.64 Å². The SMILES string of the molecule is CCCOc1ccc(C(=O)CCN2CCC(C)CC2)cc1.Cl. The van der Waals surface area contributed by atoms with Gasteiger partial charge in [-0.15, -0.1) is 12.4 Å². The Balaban J connectivity index is 0.00000242. The second-order valence-electron chi connectivity index (χ2n) is 6.07. The summed E-state index contributed by atoms with van der Waals surface area (Å²) < 4.78 is 5.54. The van der Waals surface area contributed by atoms with Crippen molar-refractivity contribution in [2.45, 2.75) is 39.5 Å². The van der Waals surface area contributed by atoms with Crippen LogP contribution in [0.15, 0.2) is 24.3 Å². The maximum atomic E-state index is 12.2. The normalized spacial score (nSPS) is 16.1. The standard InChI is InChI=1S/C18H27NO2.ClH/c1-3-14-21-17-6-4-16(5-7-17)18(20)10-13-19-11-8-15(2)9-12-19;/h4-7,15H,3,8-14H2,1-2H3;1H. The number of likely N-dealkylation sites (tertiary alicyclic amines) is 1. The van der Waals surface area contributed by atoms with Gasteiger partial charge in [0.05, 0.1) is 6.61 Å². The van der Waals surface area contributed by atoms with Gasteiger partial charge in [0.2, 0.25) is 0 Å². The van der Waals surface area contributed by atoms with Crippen LogP contribution in [0.25, 0.3) is 0 Å². The minimum absolute atomic E-state index is 0. The van der Waals surface area contributed by atoms with E-state index in [0.29, 0.717) is 6.42 Å².